The Hall–Kier alpha value is -2.13. The highest BCUT2D eigenvalue weighted by Gasteiger charge is 2.09. The van der Waals surface area contributed by atoms with Crippen LogP contribution in [-0.2, 0) is 6.61 Å². The number of fused-ring (bicyclic) bond motifs is 1. The van der Waals surface area contributed by atoms with Crippen molar-refractivity contribution in [2.45, 2.75) is 26.4 Å². The average Bonchev–Trinajstić information content (AvgIpc) is 2.90. The van der Waals surface area contributed by atoms with E-state index in [1.54, 1.807) is 0 Å². The summed E-state index contributed by atoms with van der Waals surface area (Å²) < 4.78 is 5.84. The number of hydrogen-bond donors (Lipinski definition) is 1. The first-order valence-electron chi connectivity index (χ1n) is 6.78. The van der Waals surface area contributed by atoms with Crippen molar-refractivity contribution < 1.29 is 9.52 Å². The standard InChI is InChI=1S/C17H17NO2/c1-11(2)14-7-8-15-16(9-14)20-17(18-15)13-5-3-12(10-19)4-6-13/h3-9,11,19H,10H2,1-2H3. The van der Waals surface area contributed by atoms with Crippen LogP contribution in [0.5, 0.6) is 0 Å². The second kappa shape index (κ2) is 5.10. The number of benzene rings is 2. The number of rotatable bonds is 3. The minimum atomic E-state index is 0.0472. The van der Waals surface area contributed by atoms with E-state index in [0.29, 0.717) is 11.8 Å². The maximum atomic E-state index is 9.06. The molecule has 0 aliphatic rings. The lowest BCUT2D eigenvalue weighted by Gasteiger charge is -2.02. The maximum absolute atomic E-state index is 9.06. The van der Waals surface area contributed by atoms with Crippen molar-refractivity contribution in [3.63, 3.8) is 0 Å². The third-order valence-electron chi connectivity index (χ3n) is 3.46. The molecule has 0 fully saturated rings. The van der Waals surface area contributed by atoms with Gasteiger partial charge in [-0.2, -0.15) is 0 Å². The molecule has 0 aliphatic carbocycles. The van der Waals surface area contributed by atoms with Crippen molar-refractivity contribution in [3.05, 3.63) is 53.6 Å². The van der Waals surface area contributed by atoms with E-state index in [0.717, 1.165) is 22.2 Å². The van der Waals surface area contributed by atoms with Crippen LogP contribution in [0.4, 0.5) is 0 Å². The van der Waals surface area contributed by atoms with Gasteiger partial charge in [-0.3, -0.25) is 0 Å². The molecule has 1 heterocycles. The minimum absolute atomic E-state index is 0.0472. The molecule has 3 nitrogen and oxygen atoms in total. The van der Waals surface area contributed by atoms with Crippen LogP contribution >= 0.6 is 0 Å². The summed E-state index contributed by atoms with van der Waals surface area (Å²) in [5.74, 6) is 1.09. The molecule has 0 saturated heterocycles. The summed E-state index contributed by atoms with van der Waals surface area (Å²) in [5, 5.41) is 9.06. The Morgan fingerprint density at radius 2 is 1.85 bits per heavy atom. The molecule has 1 aromatic heterocycles. The van der Waals surface area contributed by atoms with Crippen LogP contribution in [0.15, 0.2) is 46.9 Å². The summed E-state index contributed by atoms with van der Waals surface area (Å²) in [4.78, 5) is 4.51. The zero-order chi connectivity index (χ0) is 14.1. The molecular formula is C17H17NO2. The molecule has 0 atom stereocenters. The number of hydrogen-bond acceptors (Lipinski definition) is 3. The zero-order valence-electron chi connectivity index (χ0n) is 11.6. The second-order valence-corrected chi connectivity index (χ2v) is 5.26. The first-order valence-corrected chi connectivity index (χ1v) is 6.78. The number of aliphatic hydroxyl groups excluding tert-OH is 1. The molecule has 2 aromatic carbocycles. The van der Waals surface area contributed by atoms with Crippen LogP contribution < -0.4 is 0 Å². The van der Waals surface area contributed by atoms with Crippen LogP contribution in [0.1, 0.15) is 30.9 Å². The summed E-state index contributed by atoms with van der Waals surface area (Å²) in [6, 6.07) is 13.7. The average molecular weight is 267 g/mol. The van der Waals surface area contributed by atoms with E-state index in [9.17, 15) is 0 Å². The summed E-state index contributed by atoms with van der Waals surface area (Å²) in [6.45, 7) is 4.36. The Balaban J connectivity index is 2.03. The van der Waals surface area contributed by atoms with Crippen LogP contribution in [0.25, 0.3) is 22.6 Å². The molecule has 1 N–H and O–H groups in total. The first kappa shape index (κ1) is 12.9. The fourth-order valence-electron chi connectivity index (χ4n) is 2.18. The molecule has 0 unspecified atom stereocenters. The molecule has 0 spiro atoms. The quantitative estimate of drug-likeness (QED) is 0.776. The van der Waals surface area contributed by atoms with Gasteiger partial charge in [0, 0.05) is 5.56 Å². The molecule has 0 amide bonds. The molecular weight excluding hydrogens is 250 g/mol. The lowest BCUT2D eigenvalue weighted by molar-refractivity contribution is 0.282. The zero-order valence-corrected chi connectivity index (χ0v) is 11.6. The molecule has 0 radical (unpaired) electrons. The predicted octanol–water partition coefficient (Wildman–Crippen LogP) is 4.11. The molecule has 3 rings (SSSR count). The van der Waals surface area contributed by atoms with Gasteiger partial charge >= 0.3 is 0 Å². The van der Waals surface area contributed by atoms with Crippen molar-refractivity contribution in [2.75, 3.05) is 0 Å². The lowest BCUT2D eigenvalue weighted by atomic mass is 10.0. The summed E-state index contributed by atoms with van der Waals surface area (Å²) in [7, 11) is 0. The largest absolute Gasteiger partial charge is 0.436 e. The normalized spacial score (nSPS) is 11.4. The molecule has 0 saturated carbocycles. The maximum Gasteiger partial charge on any atom is 0.227 e. The monoisotopic (exact) mass is 267 g/mol. The number of nitrogens with zero attached hydrogens (tertiary/aromatic N) is 1. The molecule has 3 aromatic rings. The van der Waals surface area contributed by atoms with Gasteiger partial charge in [0.25, 0.3) is 0 Å². The third-order valence-corrected chi connectivity index (χ3v) is 3.46. The summed E-state index contributed by atoms with van der Waals surface area (Å²) >= 11 is 0. The fourth-order valence-corrected chi connectivity index (χ4v) is 2.18. The van der Waals surface area contributed by atoms with E-state index >= 15 is 0 Å². The van der Waals surface area contributed by atoms with Crippen molar-refractivity contribution in [1.82, 2.24) is 4.98 Å². The van der Waals surface area contributed by atoms with Gasteiger partial charge in [0.15, 0.2) is 5.58 Å². The topological polar surface area (TPSA) is 46.3 Å². The van der Waals surface area contributed by atoms with Gasteiger partial charge < -0.3 is 9.52 Å². The van der Waals surface area contributed by atoms with Gasteiger partial charge in [0.05, 0.1) is 6.61 Å². The Bertz CT molecular complexity index is 726. The third kappa shape index (κ3) is 2.32. The van der Waals surface area contributed by atoms with E-state index in [-0.39, 0.29) is 6.61 Å². The fraction of sp³-hybridized carbons (Fsp3) is 0.235. The van der Waals surface area contributed by atoms with Crippen molar-refractivity contribution in [2.24, 2.45) is 0 Å². The van der Waals surface area contributed by atoms with E-state index in [1.165, 1.54) is 5.56 Å². The number of oxazole rings is 1. The van der Waals surface area contributed by atoms with E-state index in [2.05, 4.69) is 31.0 Å². The van der Waals surface area contributed by atoms with Crippen molar-refractivity contribution in [3.8, 4) is 11.5 Å². The van der Waals surface area contributed by atoms with E-state index in [1.807, 2.05) is 30.3 Å². The number of aromatic nitrogens is 1. The number of aliphatic hydroxyl groups is 1. The first-order chi connectivity index (χ1) is 9.67. The Morgan fingerprint density at radius 3 is 2.50 bits per heavy atom. The van der Waals surface area contributed by atoms with Crippen LogP contribution in [-0.4, -0.2) is 10.1 Å². The van der Waals surface area contributed by atoms with Gasteiger partial charge in [-0.15, -0.1) is 0 Å². The van der Waals surface area contributed by atoms with E-state index in [4.69, 9.17) is 9.52 Å². The highest BCUT2D eigenvalue weighted by atomic mass is 16.3. The Morgan fingerprint density at radius 1 is 1.10 bits per heavy atom. The molecule has 20 heavy (non-hydrogen) atoms. The van der Waals surface area contributed by atoms with Gasteiger partial charge in [-0.05, 0) is 41.3 Å². The molecule has 102 valence electrons. The smallest absolute Gasteiger partial charge is 0.227 e. The van der Waals surface area contributed by atoms with Crippen molar-refractivity contribution >= 4 is 11.1 Å². The highest BCUT2D eigenvalue weighted by Crippen LogP contribution is 2.27. The van der Waals surface area contributed by atoms with Gasteiger partial charge in [-0.1, -0.05) is 32.0 Å². The van der Waals surface area contributed by atoms with Crippen LogP contribution in [0, 0.1) is 0 Å². The summed E-state index contributed by atoms with van der Waals surface area (Å²) in [5.41, 5.74) is 4.74. The van der Waals surface area contributed by atoms with Crippen LogP contribution in [0.2, 0.25) is 0 Å². The SMILES string of the molecule is CC(C)c1ccc2nc(-c3ccc(CO)cc3)oc2c1. The summed E-state index contributed by atoms with van der Waals surface area (Å²) in [6.07, 6.45) is 0. The van der Waals surface area contributed by atoms with Crippen LogP contribution in [0.3, 0.4) is 0 Å². The van der Waals surface area contributed by atoms with Gasteiger partial charge in [0.2, 0.25) is 5.89 Å². The lowest BCUT2D eigenvalue weighted by Crippen LogP contribution is -1.85. The molecule has 0 bridgehead atoms. The Kier molecular flexibility index (Phi) is 3.28. The predicted molar refractivity (Wildman–Crippen MR) is 79.5 cm³/mol. The van der Waals surface area contributed by atoms with Gasteiger partial charge in [0.1, 0.15) is 5.52 Å². The Labute approximate surface area is 117 Å². The molecule has 3 heteroatoms. The highest BCUT2D eigenvalue weighted by molar-refractivity contribution is 5.77. The molecule has 0 aliphatic heterocycles. The van der Waals surface area contributed by atoms with Crippen molar-refractivity contribution in [1.29, 1.82) is 0 Å². The second-order valence-electron chi connectivity index (χ2n) is 5.26. The minimum Gasteiger partial charge on any atom is -0.436 e. The van der Waals surface area contributed by atoms with Gasteiger partial charge in [-0.25, -0.2) is 4.98 Å². The van der Waals surface area contributed by atoms with E-state index < -0.39 is 0 Å².